The molecule has 4 nitrogen and oxygen atoms in total. The topological polar surface area (TPSA) is 75.5 Å². The summed E-state index contributed by atoms with van der Waals surface area (Å²) in [6, 6.07) is 0. The highest BCUT2D eigenvalue weighted by atomic mass is 16.3. The predicted octanol–water partition coefficient (Wildman–Crippen LogP) is -1.42. The molecule has 0 aliphatic heterocycles. The van der Waals surface area contributed by atoms with E-state index in [1.165, 1.54) is 11.2 Å². The first-order valence-corrected chi connectivity index (χ1v) is 2.21. The average molecular weight is 117 g/mol. The summed E-state index contributed by atoms with van der Waals surface area (Å²) in [5, 5.41) is 9.59. The normalized spacial score (nSPS) is 11.6. The number of nitrogens with two attached hydrogens (primary N) is 2. The SMILES string of the molecule is CN(N)/C=C(\N)CO. The maximum Gasteiger partial charge on any atom is 0.0840 e. The molecule has 0 aliphatic rings. The first-order valence-electron chi connectivity index (χ1n) is 2.21. The number of nitrogens with zero attached hydrogens (tertiary/aromatic N) is 1. The zero-order valence-electron chi connectivity index (χ0n) is 4.83. The second-order valence-electron chi connectivity index (χ2n) is 1.53. The summed E-state index contributed by atoms with van der Waals surface area (Å²) >= 11 is 0. The van der Waals surface area contributed by atoms with Crippen LogP contribution in [0.5, 0.6) is 0 Å². The molecule has 0 saturated carbocycles. The molecule has 0 radical (unpaired) electrons. The zero-order chi connectivity index (χ0) is 6.57. The highest BCUT2D eigenvalue weighted by molar-refractivity contribution is 4.93. The molecule has 0 fully saturated rings. The third-order valence-corrected chi connectivity index (χ3v) is 0.552. The number of aliphatic hydroxyl groups excluding tert-OH is 1. The lowest BCUT2D eigenvalue weighted by Crippen LogP contribution is -2.21. The van der Waals surface area contributed by atoms with Crippen molar-refractivity contribution in [1.29, 1.82) is 0 Å². The number of hydrogen-bond acceptors (Lipinski definition) is 4. The minimum Gasteiger partial charge on any atom is -0.399 e. The van der Waals surface area contributed by atoms with Gasteiger partial charge in [0, 0.05) is 13.2 Å². The van der Waals surface area contributed by atoms with Gasteiger partial charge in [-0.3, -0.25) is 0 Å². The van der Waals surface area contributed by atoms with E-state index < -0.39 is 0 Å². The molecule has 0 aromatic carbocycles. The van der Waals surface area contributed by atoms with Crippen LogP contribution in [0.15, 0.2) is 11.9 Å². The van der Waals surface area contributed by atoms with Gasteiger partial charge in [0.2, 0.25) is 0 Å². The second-order valence-corrected chi connectivity index (χ2v) is 1.53. The largest absolute Gasteiger partial charge is 0.399 e. The molecule has 0 saturated heterocycles. The van der Waals surface area contributed by atoms with Gasteiger partial charge in [-0.1, -0.05) is 0 Å². The maximum absolute atomic E-state index is 8.31. The van der Waals surface area contributed by atoms with Crippen LogP contribution >= 0.6 is 0 Å². The lowest BCUT2D eigenvalue weighted by molar-refractivity contribution is 0.324. The van der Waals surface area contributed by atoms with Crippen LogP contribution in [0.25, 0.3) is 0 Å². The van der Waals surface area contributed by atoms with E-state index in [4.69, 9.17) is 16.7 Å². The van der Waals surface area contributed by atoms with Gasteiger partial charge < -0.3 is 15.8 Å². The van der Waals surface area contributed by atoms with Gasteiger partial charge in [-0.05, 0) is 0 Å². The standard InChI is InChI=1S/C4H11N3O/c1-7(6)2-4(5)3-8/h2,8H,3,5-6H2,1H3/b4-2-. The molecule has 8 heavy (non-hydrogen) atoms. The third-order valence-electron chi connectivity index (χ3n) is 0.552. The third kappa shape index (κ3) is 3.45. The Hall–Kier alpha value is -0.740. The highest BCUT2D eigenvalue weighted by Gasteiger charge is 1.83. The van der Waals surface area contributed by atoms with E-state index in [0.29, 0.717) is 5.70 Å². The molecule has 0 atom stereocenters. The van der Waals surface area contributed by atoms with Gasteiger partial charge in [-0.2, -0.15) is 0 Å². The summed E-state index contributed by atoms with van der Waals surface area (Å²) in [6.07, 6.45) is 1.44. The monoisotopic (exact) mass is 117 g/mol. The summed E-state index contributed by atoms with van der Waals surface area (Å²) in [7, 11) is 1.63. The van der Waals surface area contributed by atoms with Crippen molar-refractivity contribution in [1.82, 2.24) is 5.01 Å². The fourth-order valence-corrected chi connectivity index (χ4v) is 0.302. The van der Waals surface area contributed by atoms with E-state index in [1.807, 2.05) is 0 Å². The van der Waals surface area contributed by atoms with Gasteiger partial charge in [0.15, 0.2) is 0 Å². The minimum atomic E-state index is -0.151. The van der Waals surface area contributed by atoms with Gasteiger partial charge in [0.05, 0.1) is 12.3 Å². The molecule has 0 spiro atoms. The van der Waals surface area contributed by atoms with E-state index in [0.717, 1.165) is 0 Å². The van der Waals surface area contributed by atoms with Crippen LogP contribution in [0.2, 0.25) is 0 Å². The van der Waals surface area contributed by atoms with E-state index in [1.54, 1.807) is 7.05 Å². The lowest BCUT2D eigenvalue weighted by Gasteiger charge is -2.04. The second kappa shape index (κ2) is 3.29. The molecule has 0 aliphatic carbocycles. The Balaban J connectivity index is 3.56. The van der Waals surface area contributed by atoms with Crippen molar-refractivity contribution in [3.63, 3.8) is 0 Å². The van der Waals surface area contributed by atoms with Crippen LogP contribution in [0, 0.1) is 0 Å². The van der Waals surface area contributed by atoms with Crippen molar-refractivity contribution < 1.29 is 5.11 Å². The molecule has 0 heterocycles. The molecule has 0 aromatic rings. The first kappa shape index (κ1) is 7.26. The maximum atomic E-state index is 8.31. The van der Waals surface area contributed by atoms with Gasteiger partial charge in [-0.25, -0.2) is 5.84 Å². The highest BCUT2D eigenvalue weighted by Crippen LogP contribution is 1.79. The molecule has 0 aromatic heterocycles. The van der Waals surface area contributed by atoms with Gasteiger partial charge in [-0.15, -0.1) is 0 Å². The smallest absolute Gasteiger partial charge is 0.0840 e. The van der Waals surface area contributed by atoms with Crippen molar-refractivity contribution >= 4 is 0 Å². The van der Waals surface area contributed by atoms with E-state index in [-0.39, 0.29) is 6.61 Å². The minimum absolute atomic E-state index is 0.151. The van der Waals surface area contributed by atoms with E-state index in [2.05, 4.69) is 0 Å². The van der Waals surface area contributed by atoms with Crippen LogP contribution in [-0.2, 0) is 0 Å². The van der Waals surface area contributed by atoms with E-state index in [9.17, 15) is 0 Å². The summed E-state index contributed by atoms with van der Waals surface area (Å²) < 4.78 is 0. The number of rotatable bonds is 2. The van der Waals surface area contributed by atoms with Gasteiger partial charge >= 0.3 is 0 Å². The average Bonchev–Trinajstić information content (AvgIpc) is 1.65. The summed E-state index contributed by atoms with van der Waals surface area (Å²) in [5.41, 5.74) is 5.52. The van der Waals surface area contributed by atoms with Crippen molar-refractivity contribution in [3.05, 3.63) is 11.9 Å². The Bertz CT molecular complexity index is 89.3. The molecule has 0 bridgehead atoms. The van der Waals surface area contributed by atoms with Crippen LogP contribution in [0.4, 0.5) is 0 Å². The van der Waals surface area contributed by atoms with E-state index >= 15 is 0 Å². The fraction of sp³-hybridized carbons (Fsp3) is 0.500. The molecular formula is C4H11N3O. The Morgan fingerprint density at radius 1 is 1.88 bits per heavy atom. The summed E-state index contributed by atoms with van der Waals surface area (Å²) in [5.74, 6) is 5.13. The van der Waals surface area contributed by atoms with Crippen LogP contribution in [-0.4, -0.2) is 23.8 Å². The molecule has 0 rings (SSSR count). The molecule has 4 heteroatoms. The first-order chi connectivity index (χ1) is 3.66. The van der Waals surface area contributed by atoms with Gasteiger partial charge in [0.25, 0.3) is 0 Å². The summed E-state index contributed by atoms with van der Waals surface area (Å²) in [6.45, 7) is -0.151. The Morgan fingerprint density at radius 3 is 2.50 bits per heavy atom. The predicted molar refractivity (Wildman–Crippen MR) is 31.3 cm³/mol. The molecule has 0 unspecified atom stereocenters. The quantitative estimate of drug-likeness (QED) is 0.306. The van der Waals surface area contributed by atoms with Crippen molar-refractivity contribution in [3.8, 4) is 0 Å². The number of aliphatic hydroxyl groups is 1. The molecule has 48 valence electrons. The molecular weight excluding hydrogens is 106 g/mol. The van der Waals surface area contributed by atoms with Crippen molar-refractivity contribution in [2.75, 3.05) is 13.7 Å². The Kier molecular flexibility index (Phi) is 2.98. The number of hydrogen-bond donors (Lipinski definition) is 3. The number of hydrazine groups is 1. The van der Waals surface area contributed by atoms with Crippen molar-refractivity contribution in [2.45, 2.75) is 0 Å². The van der Waals surface area contributed by atoms with Gasteiger partial charge in [0.1, 0.15) is 0 Å². The fourth-order valence-electron chi connectivity index (χ4n) is 0.302. The Morgan fingerprint density at radius 2 is 2.38 bits per heavy atom. The van der Waals surface area contributed by atoms with Crippen molar-refractivity contribution in [2.24, 2.45) is 11.6 Å². The summed E-state index contributed by atoms with van der Waals surface area (Å²) in [4.78, 5) is 0. The molecule has 5 N–H and O–H groups in total. The van der Waals surface area contributed by atoms with Crippen LogP contribution in [0.3, 0.4) is 0 Å². The van der Waals surface area contributed by atoms with Crippen LogP contribution in [0.1, 0.15) is 0 Å². The van der Waals surface area contributed by atoms with Crippen LogP contribution < -0.4 is 11.6 Å². The zero-order valence-corrected chi connectivity index (χ0v) is 4.83. The Labute approximate surface area is 48.3 Å². The molecule has 0 amide bonds. The lowest BCUT2D eigenvalue weighted by atomic mass is 10.5.